The highest BCUT2D eigenvalue weighted by Gasteiger charge is 2.32. The predicted octanol–water partition coefficient (Wildman–Crippen LogP) is 4.64. The number of nitrogens with two attached hydrogens (primary N) is 1. The summed E-state index contributed by atoms with van der Waals surface area (Å²) in [7, 11) is 0. The highest BCUT2D eigenvalue weighted by Crippen LogP contribution is 2.36. The predicted molar refractivity (Wildman–Crippen MR) is 99.4 cm³/mol. The molecule has 0 aliphatic carbocycles. The van der Waals surface area contributed by atoms with Crippen LogP contribution in [0.3, 0.4) is 0 Å². The minimum atomic E-state index is -4.93. The Morgan fingerprint density at radius 2 is 1.96 bits per heavy atom. The van der Waals surface area contributed by atoms with Crippen molar-refractivity contribution >= 4 is 39.1 Å². The molecule has 0 spiro atoms. The second-order valence-electron chi connectivity index (χ2n) is 4.85. The van der Waals surface area contributed by atoms with Gasteiger partial charge in [-0.3, -0.25) is 0 Å². The number of phenols is 1. The molecule has 0 radical (unpaired) electrons. The molecule has 0 saturated heterocycles. The number of hydrogen-bond donors (Lipinski definition) is 2. The molecule has 5 nitrogen and oxygen atoms in total. The van der Waals surface area contributed by atoms with Crippen LogP contribution in [0.1, 0.15) is 11.1 Å². The fourth-order valence-corrected chi connectivity index (χ4v) is 2.87. The molecule has 0 heterocycles. The second kappa shape index (κ2) is 8.95. The first-order valence-electron chi connectivity index (χ1n) is 7.06. The zero-order valence-corrected chi connectivity index (χ0v) is 15.5. The van der Waals surface area contributed by atoms with E-state index >= 15 is 0 Å². The van der Waals surface area contributed by atoms with Gasteiger partial charge < -0.3 is 15.6 Å². The van der Waals surface area contributed by atoms with Gasteiger partial charge in [0.15, 0.2) is 16.7 Å². The Bertz CT molecular complexity index is 814. The Hall–Kier alpha value is -2.20. The number of phenolic OH excluding ortho intramolecular Hbond substituents is 1. The summed E-state index contributed by atoms with van der Waals surface area (Å²) in [6, 6.07) is 11.9. The van der Waals surface area contributed by atoms with Gasteiger partial charge >= 0.3 is 6.36 Å². The number of halogens is 4. The molecule has 2 aromatic rings. The summed E-state index contributed by atoms with van der Waals surface area (Å²) in [6.07, 6.45) is -3.84. The van der Waals surface area contributed by atoms with Crippen LogP contribution in [0.5, 0.6) is 11.5 Å². The highest BCUT2D eigenvalue weighted by molar-refractivity contribution is 9.10. The first kappa shape index (κ1) is 20.1. The van der Waals surface area contributed by atoms with Crippen molar-refractivity contribution in [3.8, 4) is 11.5 Å². The average molecular weight is 448 g/mol. The molecule has 0 amide bonds. The van der Waals surface area contributed by atoms with Crippen molar-refractivity contribution < 1.29 is 23.0 Å². The first-order chi connectivity index (χ1) is 12.2. The average Bonchev–Trinajstić information content (AvgIpc) is 2.56. The maximum atomic E-state index is 12.3. The van der Waals surface area contributed by atoms with Crippen LogP contribution in [-0.4, -0.2) is 22.9 Å². The van der Waals surface area contributed by atoms with Gasteiger partial charge in [0, 0.05) is 15.8 Å². The van der Waals surface area contributed by atoms with Crippen LogP contribution >= 0.6 is 27.7 Å². The first-order valence-corrected chi connectivity index (χ1v) is 8.84. The highest BCUT2D eigenvalue weighted by atomic mass is 79.9. The zero-order chi connectivity index (χ0) is 19.2. The van der Waals surface area contributed by atoms with E-state index in [1.807, 2.05) is 30.3 Å². The number of ether oxygens (including phenoxy) is 1. The molecule has 3 N–H and O–H groups in total. The van der Waals surface area contributed by atoms with Crippen molar-refractivity contribution in [2.45, 2.75) is 12.1 Å². The molecule has 2 rings (SSSR count). The Balaban J connectivity index is 2.07. The lowest BCUT2D eigenvalue weighted by atomic mass is 10.2. The van der Waals surface area contributed by atoms with Crippen LogP contribution in [0.15, 0.2) is 57.1 Å². The Morgan fingerprint density at radius 3 is 2.62 bits per heavy atom. The van der Waals surface area contributed by atoms with E-state index in [1.54, 1.807) is 0 Å². The zero-order valence-electron chi connectivity index (χ0n) is 13.1. The molecular weight excluding hydrogens is 435 g/mol. The Labute approximate surface area is 159 Å². The minimum Gasteiger partial charge on any atom is -0.504 e. The van der Waals surface area contributed by atoms with Crippen LogP contribution in [0, 0.1) is 0 Å². The molecule has 0 aliphatic rings. The standard InChI is InChI=1S/C16H13BrF3N3O2S/c17-12-6-11(14(24)13(7-12)25-16(18,19)20)8-22-23-15(21)26-9-10-4-2-1-3-5-10/h1-8,24H,9H2,(H2,21,23). The van der Waals surface area contributed by atoms with Crippen LogP contribution in [0.2, 0.25) is 0 Å². The van der Waals surface area contributed by atoms with Crippen molar-refractivity contribution in [1.82, 2.24) is 0 Å². The molecule has 0 aliphatic heterocycles. The van der Waals surface area contributed by atoms with Crippen LogP contribution < -0.4 is 10.5 Å². The molecule has 0 saturated carbocycles. The third-order valence-corrected chi connectivity index (χ3v) is 4.19. The largest absolute Gasteiger partial charge is 0.573 e. The molecule has 0 unspecified atom stereocenters. The normalized spacial score (nSPS) is 12.5. The number of amidine groups is 1. The smallest absolute Gasteiger partial charge is 0.504 e. The fourth-order valence-electron chi connectivity index (χ4n) is 1.80. The van der Waals surface area contributed by atoms with E-state index in [4.69, 9.17) is 5.73 Å². The van der Waals surface area contributed by atoms with Gasteiger partial charge in [-0.2, -0.15) is 5.10 Å². The third-order valence-electron chi connectivity index (χ3n) is 2.88. The van der Waals surface area contributed by atoms with Gasteiger partial charge in [-0.1, -0.05) is 58.0 Å². The van der Waals surface area contributed by atoms with E-state index in [0.717, 1.165) is 17.8 Å². The van der Waals surface area contributed by atoms with Gasteiger partial charge in [0.1, 0.15) is 0 Å². The van der Waals surface area contributed by atoms with E-state index in [1.165, 1.54) is 17.8 Å². The molecule has 138 valence electrons. The Morgan fingerprint density at radius 1 is 1.27 bits per heavy atom. The third kappa shape index (κ3) is 6.60. The van der Waals surface area contributed by atoms with Crippen LogP contribution in [0.25, 0.3) is 0 Å². The number of nitrogens with zero attached hydrogens (tertiary/aromatic N) is 2. The quantitative estimate of drug-likeness (QED) is 0.397. The number of hydrogen-bond acceptors (Lipinski definition) is 5. The van der Waals surface area contributed by atoms with Gasteiger partial charge in [-0.25, -0.2) is 0 Å². The summed E-state index contributed by atoms with van der Waals surface area (Å²) in [5.41, 5.74) is 6.76. The molecular formula is C16H13BrF3N3O2S. The van der Waals surface area contributed by atoms with Crippen molar-refractivity contribution in [3.63, 3.8) is 0 Å². The number of aromatic hydroxyl groups is 1. The van der Waals surface area contributed by atoms with E-state index in [-0.39, 0.29) is 15.2 Å². The number of thioether (sulfide) groups is 1. The lowest BCUT2D eigenvalue weighted by Gasteiger charge is -2.12. The summed E-state index contributed by atoms with van der Waals surface area (Å²) < 4.78 is 41.1. The van der Waals surface area contributed by atoms with Gasteiger partial charge in [-0.05, 0) is 17.7 Å². The van der Waals surface area contributed by atoms with E-state index < -0.39 is 17.9 Å². The van der Waals surface area contributed by atoms with Crippen LogP contribution in [-0.2, 0) is 5.75 Å². The summed E-state index contributed by atoms with van der Waals surface area (Å²) >= 11 is 4.29. The molecule has 0 fully saturated rings. The molecule has 0 bridgehead atoms. The Kier molecular flexibility index (Phi) is 6.92. The van der Waals surface area contributed by atoms with Gasteiger partial charge in [0.2, 0.25) is 0 Å². The summed E-state index contributed by atoms with van der Waals surface area (Å²) in [5, 5.41) is 17.5. The summed E-state index contributed by atoms with van der Waals surface area (Å²) in [4.78, 5) is 0. The molecule has 0 atom stereocenters. The van der Waals surface area contributed by atoms with Gasteiger partial charge in [-0.15, -0.1) is 18.3 Å². The monoisotopic (exact) mass is 447 g/mol. The van der Waals surface area contributed by atoms with Gasteiger partial charge in [0.05, 0.1) is 6.21 Å². The summed E-state index contributed by atoms with van der Waals surface area (Å²) in [6.45, 7) is 0. The molecule has 0 aromatic heterocycles. The second-order valence-corrected chi connectivity index (χ2v) is 6.76. The summed E-state index contributed by atoms with van der Waals surface area (Å²) in [5.74, 6) is -0.860. The fraction of sp³-hybridized carbons (Fsp3) is 0.125. The topological polar surface area (TPSA) is 80.2 Å². The van der Waals surface area contributed by atoms with E-state index in [9.17, 15) is 18.3 Å². The van der Waals surface area contributed by atoms with Crippen molar-refractivity contribution in [3.05, 3.63) is 58.1 Å². The minimum absolute atomic E-state index is 0.0109. The molecule has 10 heteroatoms. The van der Waals surface area contributed by atoms with Gasteiger partial charge in [0.25, 0.3) is 0 Å². The maximum Gasteiger partial charge on any atom is 0.573 e. The molecule has 26 heavy (non-hydrogen) atoms. The van der Waals surface area contributed by atoms with Crippen LogP contribution in [0.4, 0.5) is 13.2 Å². The van der Waals surface area contributed by atoms with E-state index in [2.05, 4.69) is 30.9 Å². The van der Waals surface area contributed by atoms with E-state index in [0.29, 0.717) is 5.75 Å². The van der Waals surface area contributed by atoms with Crippen molar-refractivity contribution in [2.75, 3.05) is 0 Å². The maximum absolute atomic E-state index is 12.3. The lowest BCUT2D eigenvalue weighted by molar-refractivity contribution is -0.275. The molecule has 2 aromatic carbocycles. The number of benzene rings is 2. The van der Waals surface area contributed by atoms with Crippen molar-refractivity contribution in [2.24, 2.45) is 15.9 Å². The number of rotatable bonds is 5. The SMILES string of the molecule is NC(=NN=Cc1cc(Br)cc(OC(F)(F)F)c1O)SCc1ccccc1. The van der Waals surface area contributed by atoms with Crippen molar-refractivity contribution in [1.29, 1.82) is 0 Å². The number of alkyl halides is 3. The lowest BCUT2D eigenvalue weighted by Crippen LogP contribution is -2.17.